The van der Waals surface area contributed by atoms with E-state index in [-0.39, 0.29) is 0 Å². The van der Waals surface area contributed by atoms with Crippen LogP contribution in [-0.4, -0.2) is 19.8 Å². The zero-order valence-corrected chi connectivity index (χ0v) is 9.33. The average Bonchev–Trinajstić information content (AvgIpc) is 1.90. The molecule has 0 saturated carbocycles. The van der Waals surface area contributed by atoms with Crippen LogP contribution in [0.5, 0.6) is 0 Å². The van der Waals surface area contributed by atoms with E-state index < -0.39 is 19.8 Å². The zero-order chi connectivity index (χ0) is 7.82. The molecule has 0 heterocycles. The first-order valence-electron chi connectivity index (χ1n) is 3.51. The SMILES string of the molecule is C=C[CH2][Sn+]([CH2]C=C)[CH2]C=C. The van der Waals surface area contributed by atoms with E-state index in [2.05, 4.69) is 19.7 Å². The fraction of sp³-hybridized carbons (Fsp3) is 0.333. The van der Waals surface area contributed by atoms with E-state index in [1.165, 1.54) is 13.3 Å². The molecular formula is C9H15Sn+. The molecule has 0 radical (unpaired) electrons. The van der Waals surface area contributed by atoms with E-state index >= 15 is 0 Å². The quantitative estimate of drug-likeness (QED) is 0.496. The average molecular weight is 242 g/mol. The van der Waals surface area contributed by atoms with Crippen molar-refractivity contribution in [3.63, 3.8) is 0 Å². The van der Waals surface area contributed by atoms with Crippen LogP contribution in [0.25, 0.3) is 0 Å². The van der Waals surface area contributed by atoms with Crippen LogP contribution >= 0.6 is 0 Å². The zero-order valence-electron chi connectivity index (χ0n) is 6.47. The molecule has 1 heteroatoms. The fourth-order valence-corrected chi connectivity index (χ4v) is 5.78. The van der Waals surface area contributed by atoms with Gasteiger partial charge in [-0.15, -0.1) is 0 Å². The van der Waals surface area contributed by atoms with Gasteiger partial charge in [0.2, 0.25) is 0 Å². The number of allylic oxidation sites excluding steroid dienone is 3. The van der Waals surface area contributed by atoms with Crippen molar-refractivity contribution < 1.29 is 0 Å². The summed E-state index contributed by atoms with van der Waals surface area (Å²) in [5.74, 6) is 0. The Balaban J connectivity index is 3.58. The summed E-state index contributed by atoms with van der Waals surface area (Å²) in [6.07, 6.45) is 6.13. The first-order chi connectivity index (χ1) is 4.85. The molecule has 0 fully saturated rings. The summed E-state index contributed by atoms with van der Waals surface area (Å²) < 4.78 is 3.79. The molecule has 0 N–H and O–H groups in total. The molecular weight excluding hydrogens is 227 g/mol. The summed E-state index contributed by atoms with van der Waals surface area (Å²) >= 11 is -1.11. The van der Waals surface area contributed by atoms with E-state index in [4.69, 9.17) is 0 Å². The van der Waals surface area contributed by atoms with Crippen molar-refractivity contribution in [2.45, 2.75) is 13.3 Å². The second kappa shape index (κ2) is 7.13. The van der Waals surface area contributed by atoms with Crippen molar-refractivity contribution in [3.8, 4) is 0 Å². The monoisotopic (exact) mass is 243 g/mol. The van der Waals surface area contributed by atoms with Crippen LogP contribution in [0.15, 0.2) is 38.0 Å². The molecule has 0 aliphatic heterocycles. The third kappa shape index (κ3) is 4.86. The Morgan fingerprint density at radius 3 is 1.30 bits per heavy atom. The number of hydrogen-bond donors (Lipinski definition) is 0. The predicted molar refractivity (Wildman–Crippen MR) is 50.8 cm³/mol. The molecule has 0 aromatic rings. The van der Waals surface area contributed by atoms with Gasteiger partial charge in [-0.25, -0.2) is 0 Å². The van der Waals surface area contributed by atoms with Crippen molar-refractivity contribution in [1.29, 1.82) is 0 Å². The van der Waals surface area contributed by atoms with Crippen LogP contribution in [-0.2, 0) is 0 Å². The fourth-order valence-electron chi connectivity index (χ4n) is 0.862. The van der Waals surface area contributed by atoms with E-state index in [9.17, 15) is 0 Å². The predicted octanol–water partition coefficient (Wildman–Crippen LogP) is 3.04. The Morgan fingerprint density at radius 1 is 0.800 bits per heavy atom. The van der Waals surface area contributed by atoms with Crippen molar-refractivity contribution in [3.05, 3.63) is 38.0 Å². The van der Waals surface area contributed by atoms with Gasteiger partial charge in [-0.2, -0.15) is 0 Å². The van der Waals surface area contributed by atoms with Crippen LogP contribution in [0.2, 0.25) is 13.3 Å². The van der Waals surface area contributed by atoms with Gasteiger partial charge in [-0.3, -0.25) is 0 Å². The summed E-state index contributed by atoms with van der Waals surface area (Å²) in [5.41, 5.74) is 0. The van der Waals surface area contributed by atoms with Crippen molar-refractivity contribution in [1.82, 2.24) is 0 Å². The summed E-state index contributed by atoms with van der Waals surface area (Å²) in [4.78, 5) is 0. The van der Waals surface area contributed by atoms with E-state index in [0.29, 0.717) is 0 Å². The summed E-state index contributed by atoms with van der Waals surface area (Å²) in [6, 6.07) is 0. The maximum absolute atomic E-state index is 3.75. The molecule has 0 rings (SSSR count). The van der Waals surface area contributed by atoms with Crippen molar-refractivity contribution in [2.24, 2.45) is 0 Å². The molecule has 0 aromatic carbocycles. The second-order valence-corrected chi connectivity index (χ2v) is 10.0. The minimum absolute atomic E-state index is 1.11. The Bertz CT molecular complexity index is 92.1. The van der Waals surface area contributed by atoms with Crippen molar-refractivity contribution >= 4 is 19.8 Å². The minimum atomic E-state index is -1.11. The first kappa shape index (κ1) is 10.0. The van der Waals surface area contributed by atoms with Gasteiger partial charge in [0, 0.05) is 0 Å². The van der Waals surface area contributed by atoms with E-state index in [1.807, 2.05) is 18.2 Å². The molecule has 0 atom stereocenters. The Hall–Kier alpha value is 0.0187. The topological polar surface area (TPSA) is 0 Å². The van der Waals surface area contributed by atoms with Crippen LogP contribution in [0.3, 0.4) is 0 Å². The summed E-state index contributed by atoms with van der Waals surface area (Å²) in [7, 11) is 0. The van der Waals surface area contributed by atoms with Gasteiger partial charge in [-0.1, -0.05) is 0 Å². The molecule has 0 nitrogen and oxygen atoms in total. The molecule has 0 spiro atoms. The molecule has 0 bridgehead atoms. The van der Waals surface area contributed by atoms with Crippen LogP contribution in [0, 0.1) is 0 Å². The molecule has 0 aliphatic carbocycles. The van der Waals surface area contributed by atoms with Gasteiger partial charge >= 0.3 is 71.0 Å². The molecule has 0 unspecified atom stereocenters. The van der Waals surface area contributed by atoms with Gasteiger partial charge in [-0.05, 0) is 0 Å². The molecule has 0 amide bonds. The third-order valence-electron chi connectivity index (χ3n) is 1.30. The van der Waals surface area contributed by atoms with Gasteiger partial charge in [0.05, 0.1) is 0 Å². The Morgan fingerprint density at radius 2 is 1.10 bits per heavy atom. The second-order valence-electron chi connectivity index (χ2n) is 2.23. The number of hydrogen-bond acceptors (Lipinski definition) is 0. The number of rotatable bonds is 6. The van der Waals surface area contributed by atoms with Crippen LogP contribution < -0.4 is 0 Å². The third-order valence-corrected chi connectivity index (χ3v) is 8.71. The van der Waals surface area contributed by atoms with Gasteiger partial charge < -0.3 is 0 Å². The standard InChI is InChI=1S/3C3H5.Sn/c3*1-3-2;/h3*3H,1-2H2;/q;;;+1. The van der Waals surface area contributed by atoms with E-state index in [1.54, 1.807) is 0 Å². The van der Waals surface area contributed by atoms with Gasteiger partial charge in [0.1, 0.15) is 0 Å². The van der Waals surface area contributed by atoms with Gasteiger partial charge in [0.25, 0.3) is 0 Å². The van der Waals surface area contributed by atoms with Crippen LogP contribution in [0.1, 0.15) is 0 Å². The Kier molecular flexibility index (Phi) is 7.14. The molecule has 0 aliphatic rings. The van der Waals surface area contributed by atoms with E-state index in [0.717, 1.165) is 0 Å². The first-order valence-corrected chi connectivity index (χ1v) is 9.56. The molecule has 0 saturated heterocycles. The molecule has 54 valence electrons. The summed E-state index contributed by atoms with van der Waals surface area (Å²) in [5, 5.41) is 0. The maximum atomic E-state index is 3.75. The molecule has 10 heavy (non-hydrogen) atoms. The Labute approximate surface area is 71.1 Å². The van der Waals surface area contributed by atoms with Crippen molar-refractivity contribution in [2.75, 3.05) is 0 Å². The molecule has 0 aromatic heterocycles. The van der Waals surface area contributed by atoms with Crippen LogP contribution in [0.4, 0.5) is 0 Å². The normalized spacial score (nSPS) is 8.40. The summed E-state index contributed by atoms with van der Waals surface area (Å²) in [6.45, 7) is 11.2. The van der Waals surface area contributed by atoms with Gasteiger partial charge in [0.15, 0.2) is 0 Å².